The van der Waals surface area contributed by atoms with E-state index in [-0.39, 0.29) is 5.54 Å². The van der Waals surface area contributed by atoms with Crippen molar-refractivity contribution in [2.75, 3.05) is 0 Å². The van der Waals surface area contributed by atoms with Crippen molar-refractivity contribution in [1.82, 2.24) is 14.8 Å². The van der Waals surface area contributed by atoms with Crippen molar-refractivity contribution < 1.29 is 0 Å². The van der Waals surface area contributed by atoms with Gasteiger partial charge in [-0.15, -0.1) is 11.3 Å². The van der Waals surface area contributed by atoms with Crippen molar-refractivity contribution >= 4 is 11.3 Å². The van der Waals surface area contributed by atoms with E-state index in [0.29, 0.717) is 0 Å². The molecule has 0 atom stereocenters. The maximum absolute atomic E-state index is 6.53. The summed E-state index contributed by atoms with van der Waals surface area (Å²) in [7, 11) is 1.95. The van der Waals surface area contributed by atoms with E-state index in [4.69, 9.17) is 5.73 Å². The maximum Gasteiger partial charge on any atom is 0.191 e. The van der Waals surface area contributed by atoms with Gasteiger partial charge in [0, 0.05) is 7.05 Å². The fourth-order valence-corrected chi connectivity index (χ4v) is 3.39. The molecule has 18 heavy (non-hydrogen) atoms. The zero-order chi connectivity index (χ0) is 12.6. The lowest BCUT2D eigenvalue weighted by Gasteiger charge is -2.31. The highest BCUT2D eigenvalue weighted by Gasteiger charge is 2.34. The largest absolute Gasteiger partial charge is 0.319 e. The molecular formula is C13H18N4S. The zero-order valence-corrected chi connectivity index (χ0v) is 11.4. The van der Waals surface area contributed by atoms with E-state index in [0.717, 1.165) is 29.4 Å². The Labute approximate surface area is 111 Å². The Bertz CT molecular complexity index is 523. The van der Waals surface area contributed by atoms with Gasteiger partial charge in [-0.2, -0.15) is 5.10 Å². The van der Waals surface area contributed by atoms with Crippen LogP contribution in [0.5, 0.6) is 0 Å². The number of aromatic nitrogens is 3. The lowest BCUT2D eigenvalue weighted by Crippen LogP contribution is -2.41. The van der Waals surface area contributed by atoms with Gasteiger partial charge in [0.25, 0.3) is 0 Å². The predicted octanol–water partition coefficient (Wildman–Crippen LogP) is 2.66. The number of aryl methyl sites for hydroxylation is 1. The first-order valence-electron chi connectivity index (χ1n) is 6.43. The molecule has 1 fully saturated rings. The van der Waals surface area contributed by atoms with E-state index in [9.17, 15) is 0 Å². The summed E-state index contributed by atoms with van der Waals surface area (Å²) < 4.78 is 1.86. The van der Waals surface area contributed by atoms with Crippen LogP contribution in [0.3, 0.4) is 0 Å². The second kappa shape index (κ2) is 4.48. The molecule has 2 aromatic rings. The summed E-state index contributed by atoms with van der Waals surface area (Å²) >= 11 is 1.66. The Morgan fingerprint density at radius 1 is 1.33 bits per heavy atom. The average Bonchev–Trinajstić information content (AvgIpc) is 2.98. The summed E-state index contributed by atoms with van der Waals surface area (Å²) in [5.41, 5.74) is 6.25. The molecule has 5 heteroatoms. The monoisotopic (exact) mass is 262 g/mol. The molecule has 0 spiro atoms. The van der Waals surface area contributed by atoms with Crippen LogP contribution in [0.25, 0.3) is 10.7 Å². The summed E-state index contributed by atoms with van der Waals surface area (Å²) in [5.74, 6) is 1.74. The van der Waals surface area contributed by atoms with Gasteiger partial charge in [0.2, 0.25) is 0 Å². The molecular weight excluding hydrogens is 244 g/mol. The van der Waals surface area contributed by atoms with Gasteiger partial charge in [0.1, 0.15) is 5.82 Å². The topological polar surface area (TPSA) is 56.7 Å². The molecule has 2 heterocycles. The van der Waals surface area contributed by atoms with Crippen LogP contribution < -0.4 is 5.73 Å². The normalized spacial score (nSPS) is 19.0. The minimum Gasteiger partial charge on any atom is -0.319 e. The zero-order valence-electron chi connectivity index (χ0n) is 10.6. The van der Waals surface area contributed by atoms with Crippen molar-refractivity contribution in [3.05, 3.63) is 23.3 Å². The first-order chi connectivity index (χ1) is 8.69. The molecule has 0 radical (unpaired) electrons. The van der Waals surface area contributed by atoms with Crippen LogP contribution in [0.2, 0.25) is 0 Å². The Hall–Kier alpha value is -1.20. The Balaban J connectivity index is 1.97. The fraction of sp³-hybridized carbons (Fsp3) is 0.538. The molecule has 0 amide bonds. The van der Waals surface area contributed by atoms with Gasteiger partial charge >= 0.3 is 0 Å². The van der Waals surface area contributed by atoms with Crippen LogP contribution in [-0.4, -0.2) is 14.8 Å². The standard InChI is InChI=1S/C13H18N4S/c1-17-12(13(14)7-3-2-4-8-13)15-11(16-17)10-6-5-9-18-10/h5-6,9H,2-4,7-8,14H2,1H3. The molecule has 1 aliphatic rings. The second-order valence-corrected chi connectivity index (χ2v) is 6.02. The van der Waals surface area contributed by atoms with Crippen LogP contribution in [0.1, 0.15) is 37.9 Å². The van der Waals surface area contributed by atoms with E-state index < -0.39 is 0 Å². The Morgan fingerprint density at radius 2 is 2.11 bits per heavy atom. The third-order valence-corrected chi connectivity index (χ3v) is 4.56. The Morgan fingerprint density at radius 3 is 2.78 bits per heavy atom. The maximum atomic E-state index is 6.53. The van der Waals surface area contributed by atoms with Crippen molar-refractivity contribution in [1.29, 1.82) is 0 Å². The fourth-order valence-electron chi connectivity index (χ4n) is 2.73. The Kier molecular flexibility index (Phi) is 2.95. The molecule has 0 aliphatic heterocycles. The molecule has 2 aromatic heterocycles. The molecule has 0 aromatic carbocycles. The van der Waals surface area contributed by atoms with Gasteiger partial charge in [-0.1, -0.05) is 25.3 Å². The third-order valence-electron chi connectivity index (χ3n) is 3.70. The van der Waals surface area contributed by atoms with Crippen LogP contribution in [-0.2, 0) is 12.6 Å². The van der Waals surface area contributed by atoms with Gasteiger partial charge in [-0.3, -0.25) is 4.68 Å². The molecule has 1 aliphatic carbocycles. The van der Waals surface area contributed by atoms with Crippen molar-refractivity contribution in [2.45, 2.75) is 37.6 Å². The van der Waals surface area contributed by atoms with Crippen molar-refractivity contribution in [2.24, 2.45) is 12.8 Å². The molecule has 0 bridgehead atoms. The smallest absolute Gasteiger partial charge is 0.191 e. The van der Waals surface area contributed by atoms with Gasteiger partial charge < -0.3 is 5.73 Å². The van der Waals surface area contributed by atoms with Gasteiger partial charge in [-0.05, 0) is 24.3 Å². The van der Waals surface area contributed by atoms with E-state index in [1.54, 1.807) is 11.3 Å². The lowest BCUT2D eigenvalue weighted by molar-refractivity contribution is 0.278. The first kappa shape index (κ1) is 11.9. The summed E-state index contributed by atoms with van der Waals surface area (Å²) in [6.45, 7) is 0. The molecule has 0 unspecified atom stereocenters. The van der Waals surface area contributed by atoms with Crippen LogP contribution in [0.15, 0.2) is 17.5 Å². The number of rotatable bonds is 2. The van der Waals surface area contributed by atoms with Crippen LogP contribution >= 0.6 is 11.3 Å². The SMILES string of the molecule is Cn1nc(-c2cccs2)nc1C1(N)CCCCC1. The highest BCUT2D eigenvalue weighted by molar-refractivity contribution is 7.13. The second-order valence-electron chi connectivity index (χ2n) is 5.08. The van der Waals surface area contributed by atoms with Crippen molar-refractivity contribution in [3.63, 3.8) is 0 Å². The van der Waals surface area contributed by atoms with Gasteiger partial charge in [-0.25, -0.2) is 4.98 Å². The highest BCUT2D eigenvalue weighted by Crippen LogP contribution is 2.34. The first-order valence-corrected chi connectivity index (χ1v) is 7.31. The van der Waals surface area contributed by atoms with E-state index in [1.807, 2.05) is 29.2 Å². The highest BCUT2D eigenvalue weighted by atomic mass is 32.1. The summed E-state index contributed by atoms with van der Waals surface area (Å²) in [6, 6.07) is 4.07. The minimum atomic E-state index is -0.282. The van der Waals surface area contributed by atoms with Crippen molar-refractivity contribution in [3.8, 4) is 10.7 Å². The summed E-state index contributed by atoms with van der Waals surface area (Å²) in [4.78, 5) is 5.79. The number of nitrogens with two attached hydrogens (primary N) is 1. The molecule has 0 saturated heterocycles. The quantitative estimate of drug-likeness (QED) is 0.905. The van der Waals surface area contributed by atoms with E-state index >= 15 is 0 Å². The lowest BCUT2D eigenvalue weighted by atomic mass is 9.82. The molecule has 1 saturated carbocycles. The number of hydrogen-bond donors (Lipinski definition) is 1. The molecule has 2 N–H and O–H groups in total. The van der Waals surface area contributed by atoms with Crippen LogP contribution in [0, 0.1) is 0 Å². The minimum absolute atomic E-state index is 0.282. The number of nitrogens with zero attached hydrogens (tertiary/aromatic N) is 3. The third kappa shape index (κ3) is 1.97. The summed E-state index contributed by atoms with van der Waals surface area (Å²) in [6.07, 6.45) is 5.71. The molecule has 96 valence electrons. The van der Waals surface area contributed by atoms with Gasteiger partial charge in [0.15, 0.2) is 5.82 Å². The summed E-state index contributed by atoms with van der Waals surface area (Å²) in [5, 5.41) is 6.56. The number of thiophene rings is 1. The molecule has 4 nitrogen and oxygen atoms in total. The van der Waals surface area contributed by atoms with Gasteiger partial charge in [0.05, 0.1) is 10.4 Å². The number of hydrogen-bond acceptors (Lipinski definition) is 4. The molecule has 3 rings (SSSR count). The van der Waals surface area contributed by atoms with Crippen LogP contribution in [0.4, 0.5) is 0 Å². The predicted molar refractivity (Wildman–Crippen MR) is 73.3 cm³/mol. The van der Waals surface area contributed by atoms with E-state index in [2.05, 4.69) is 10.1 Å². The van der Waals surface area contributed by atoms with E-state index in [1.165, 1.54) is 19.3 Å². The average molecular weight is 262 g/mol.